The fourth-order valence-electron chi connectivity index (χ4n) is 0.922. The highest BCUT2D eigenvalue weighted by Gasteiger charge is 1.97. The molecule has 60 valence electrons. The molecule has 2 nitrogen and oxygen atoms in total. The number of hydrogen-bond donors (Lipinski definition) is 0. The lowest BCUT2D eigenvalue weighted by Crippen LogP contribution is -2.07. The van der Waals surface area contributed by atoms with Crippen LogP contribution in [0.25, 0.3) is 0 Å². The van der Waals surface area contributed by atoms with Crippen molar-refractivity contribution >= 4 is 5.69 Å². The van der Waals surface area contributed by atoms with Crippen LogP contribution < -0.4 is 5.06 Å². The van der Waals surface area contributed by atoms with Gasteiger partial charge in [-0.05, 0) is 31.7 Å². The lowest BCUT2D eigenvalue weighted by molar-refractivity contribution is 0.627. The number of anilines is 1. The molecule has 1 aromatic carbocycles. The molecule has 0 unspecified atom stereocenters. The average molecular weight is 154 g/mol. The second-order valence-electron chi connectivity index (χ2n) is 2.43. The Morgan fingerprint density at radius 1 is 1.45 bits per heavy atom. The Hall–Kier alpha value is -1.09. The van der Waals surface area contributed by atoms with Crippen molar-refractivity contribution in [3.05, 3.63) is 34.8 Å². The monoisotopic (exact) mass is 154 g/mol. The van der Waals surface area contributed by atoms with Crippen LogP contribution in [0.4, 0.5) is 10.1 Å². The van der Waals surface area contributed by atoms with Gasteiger partial charge in [-0.2, -0.15) is 0 Å². The van der Waals surface area contributed by atoms with E-state index in [9.17, 15) is 9.60 Å². The molecule has 0 amide bonds. The Balaban J connectivity index is 3.13. The first kappa shape index (κ1) is 8.01. The highest BCUT2D eigenvalue weighted by Crippen LogP contribution is 2.18. The molecule has 0 aromatic heterocycles. The van der Waals surface area contributed by atoms with Crippen molar-refractivity contribution in [1.29, 1.82) is 0 Å². The summed E-state index contributed by atoms with van der Waals surface area (Å²) >= 11 is 0. The predicted octanol–water partition coefficient (Wildman–Crippen LogP) is 2.07. The molecule has 3 heteroatoms. The first-order chi connectivity index (χ1) is 5.11. The first-order valence-corrected chi connectivity index (χ1v) is 3.28. The standard InChI is InChI=1S/C8H9FNO/c1-6-3-4-7(9)5-8(6)10(2)11/h3-5H,1-2H3/q-1. The van der Waals surface area contributed by atoms with E-state index in [-0.39, 0.29) is 5.82 Å². The second-order valence-corrected chi connectivity index (χ2v) is 2.43. The number of rotatable bonds is 1. The number of hydroxylamine groups is 1. The maximum atomic E-state index is 12.5. The number of hydrogen-bond acceptors (Lipinski definition) is 2. The van der Waals surface area contributed by atoms with Gasteiger partial charge < -0.3 is 10.3 Å². The van der Waals surface area contributed by atoms with Gasteiger partial charge in [0.1, 0.15) is 5.82 Å². The zero-order chi connectivity index (χ0) is 8.43. The zero-order valence-electron chi connectivity index (χ0n) is 6.47. The zero-order valence-corrected chi connectivity index (χ0v) is 6.47. The predicted molar refractivity (Wildman–Crippen MR) is 42.9 cm³/mol. The van der Waals surface area contributed by atoms with E-state index in [1.807, 2.05) is 0 Å². The molecule has 11 heavy (non-hydrogen) atoms. The fourth-order valence-corrected chi connectivity index (χ4v) is 0.922. The summed E-state index contributed by atoms with van der Waals surface area (Å²) in [6.45, 7) is 1.77. The number of nitrogens with zero attached hydrogens (tertiary/aromatic N) is 1. The number of halogens is 1. The summed E-state index contributed by atoms with van der Waals surface area (Å²) in [6.07, 6.45) is 0. The van der Waals surface area contributed by atoms with Crippen LogP contribution in [0, 0.1) is 17.9 Å². The van der Waals surface area contributed by atoms with E-state index in [0.29, 0.717) is 10.8 Å². The molecular weight excluding hydrogens is 145 g/mol. The molecule has 0 saturated heterocycles. The third-order valence-electron chi connectivity index (χ3n) is 1.51. The van der Waals surface area contributed by atoms with Gasteiger partial charge in [-0.25, -0.2) is 4.39 Å². The summed E-state index contributed by atoms with van der Waals surface area (Å²) in [7, 11) is 1.35. The molecule has 0 atom stereocenters. The number of benzene rings is 1. The van der Waals surface area contributed by atoms with Crippen LogP contribution in [0.1, 0.15) is 5.56 Å². The summed E-state index contributed by atoms with van der Waals surface area (Å²) in [5.74, 6) is -0.381. The maximum absolute atomic E-state index is 12.5. The van der Waals surface area contributed by atoms with Crippen LogP contribution in [0.2, 0.25) is 0 Å². The van der Waals surface area contributed by atoms with Crippen LogP contribution >= 0.6 is 0 Å². The molecule has 0 radical (unpaired) electrons. The molecule has 0 heterocycles. The number of aryl methyl sites for hydroxylation is 1. The van der Waals surface area contributed by atoms with Crippen molar-refractivity contribution in [3.8, 4) is 0 Å². The van der Waals surface area contributed by atoms with Crippen LogP contribution in [0.3, 0.4) is 0 Å². The van der Waals surface area contributed by atoms with Crippen molar-refractivity contribution < 1.29 is 4.39 Å². The van der Waals surface area contributed by atoms with Crippen molar-refractivity contribution in [2.75, 3.05) is 12.1 Å². The second kappa shape index (κ2) is 2.88. The van der Waals surface area contributed by atoms with Gasteiger partial charge in [0.05, 0.1) is 0 Å². The molecule has 0 saturated carbocycles. The SMILES string of the molecule is Cc1ccc(F)cc1N(C)[O-]. The lowest BCUT2D eigenvalue weighted by Gasteiger charge is -2.26. The molecule has 0 fully saturated rings. The summed E-state index contributed by atoms with van der Waals surface area (Å²) in [6, 6.07) is 4.14. The van der Waals surface area contributed by atoms with Gasteiger partial charge in [-0.3, -0.25) is 0 Å². The molecule has 1 aromatic rings. The van der Waals surface area contributed by atoms with E-state index in [4.69, 9.17) is 0 Å². The highest BCUT2D eigenvalue weighted by atomic mass is 19.1. The summed E-state index contributed by atoms with van der Waals surface area (Å²) in [5.41, 5.74) is 1.16. The molecule has 0 bridgehead atoms. The first-order valence-electron chi connectivity index (χ1n) is 3.28. The van der Waals surface area contributed by atoms with E-state index in [1.54, 1.807) is 13.0 Å². The minimum Gasteiger partial charge on any atom is -0.758 e. The van der Waals surface area contributed by atoms with Crippen molar-refractivity contribution in [3.63, 3.8) is 0 Å². The van der Waals surface area contributed by atoms with Gasteiger partial charge in [0.25, 0.3) is 0 Å². The van der Waals surface area contributed by atoms with E-state index < -0.39 is 0 Å². The van der Waals surface area contributed by atoms with Crippen molar-refractivity contribution in [1.82, 2.24) is 0 Å². The molecule has 1 rings (SSSR count). The normalized spacial score (nSPS) is 9.82. The molecule has 0 aliphatic heterocycles. The van der Waals surface area contributed by atoms with Gasteiger partial charge in [0.15, 0.2) is 0 Å². The van der Waals surface area contributed by atoms with E-state index in [1.165, 1.54) is 19.2 Å². The Bertz CT molecular complexity index is 260. The van der Waals surface area contributed by atoms with E-state index in [0.717, 1.165) is 5.56 Å². The van der Waals surface area contributed by atoms with Gasteiger partial charge >= 0.3 is 0 Å². The molecular formula is C8H9FNO-. The van der Waals surface area contributed by atoms with Crippen LogP contribution in [0.15, 0.2) is 18.2 Å². The molecule has 0 aliphatic rings. The molecule has 0 N–H and O–H groups in total. The minimum atomic E-state index is -0.381. The van der Waals surface area contributed by atoms with Gasteiger partial charge in [0.2, 0.25) is 0 Å². The van der Waals surface area contributed by atoms with Gasteiger partial charge in [-0.15, -0.1) is 0 Å². The Morgan fingerprint density at radius 2 is 2.09 bits per heavy atom. The highest BCUT2D eigenvalue weighted by molar-refractivity contribution is 5.53. The summed E-state index contributed by atoms with van der Waals surface area (Å²) in [5, 5.41) is 11.4. The van der Waals surface area contributed by atoms with E-state index >= 15 is 0 Å². The molecule has 0 aliphatic carbocycles. The average Bonchev–Trinajstić information content (AvgIpc) is 1.94. The van der Waals surface area contributed by atoms with Crippen molar-refractivity contribution in [2.24, 2.45) is 0 Å². The van der Waals surface area contributed by atoms with E-state index in [2.05, 4.69) is 0 Å². The van der Waals surface area contributed by atoms with Crippen LogP contribution in [0.5, 0.6) is 0 Å². The van der Waals surface area contributed by atoms with Crippen LogP contribution in [-0.4, -0.2) is 7.05 Å². The lowest BCUT2D eigenvalue weighted by atomic mass is 10.2. The van der Waals surface area contributed by atoms with Crippen molar-refractivity contribution in [2.45, 2.75) is 6.92 Å². The summed E-state index contributed by atoms with van der Waals surface area (Å²) in [4.78, 5) is 0. The Morgan fingerprint density at radius 3 is 2.55 bits per heavy atom. The third kappa shape index (κ3) is 1.68. The molecule has 0 spiro atoms. The van der Waals surface area contributed by atoms with Gasteiger partial charge in [0, 0.05) is 5.69 Å². The van der Waals surface area contributed by atoms with Crippen LogP contribution in [-0.2, 0) is 0 Å². The largest absolute Gasteiger partial charge is 0.758 e. The maximum Gasteiger partial charge on any atom is 0.125 e. The third-order valence-corrected chi connectivity index (χ3v) is 1.51. The Labute approximate surface area is 64.8 Å². The Kier molecular flexibility index (Phi) is 2.10. The topological polar surface area (TPSA) is 26.3 Å². The fraction of sp³-hybridized carbons (Fsp3) is 0.250. The summed E-state index contributed by atoms with van der Waals surface area (Å²) < 4.78 is 12.5. The van der Waals surface area contributed by atoms with Gasteiger partial charge in [-0.1, -0.05) is 6.07 Å². The quantitative estimate of drug-likeness (QED) is 0.579. The smallest absolute Gasteiger partial charge is 0.125 e. The minimum absolute atomic E-state index is 0.380.